The zero-order valence-corrected chi connectivity index (χ0v) is 31.6. The summed E-state index contributed by atoms with van der Waals surface area (Å²) >= 11 is 22.8. The fraction of sp³-hybridized carbons (Fsp3) is 0.103. The number of benzene rings is 4. The van der Waals surface area contributed by atoms with Crippen LogP contribution in [0, 0.1) is 6.92 Å². The monoisotopic (exact) mass is 850 g/mol. The summed E-state index contributed by atoms with van der Waals surface area (Å²) in [6, 6.07) is 12.5. The number of hydrazine groups is 1. The molecular weight excluding hydrogens is 830 g/mol. The minimum absolute atomic E-state index is 0.0154. The second-order valence-corrected chi connectivity index (χ2v) is 15.8. The normalized spacial score (nSPS) is 16.3. The number of nitrogens with one attached hydrogen (secondary N) is 2. The number of ether oxygens (including phenoxy) is 1. The molecule has 4 aromatic carbocycles. The fourth-order valence-corrected chi connectivity index (χ4v) is 7.50. The van der Waals surface area contributed by atoms with Crippen molar-refractivity contribution in [3.05, 3.63) is 92.4 Å². The lowest BCUT2D eigenvalue weighted by atomic mass is 10.2. The van der Waals surface area contributed by atoms with E-state index in [1.807, 2.05) is 6.92 Å². The number of amidine groups is 1. The number of hydrogen-bond donors (Lipinski definition) is 4. The van der Waals surface area contributed by atoms with Crippen molar-refractivity contribution in [1.29, 1.82) is 0 Å². The Balaban J connectivity index is 1.43. The number of carbonyl (C=O) groups is 1. The highest BCUT2D eigenvalue weighted by Crippen LogP contribution is 2.39. The molecule has 5 rings (SSSR count). The highest BCUT2D eigenvalue weighted by molar-refractivity contribution is 7.86. The van der Waals surface area contributed by atoms with E-state index in [-0.39, 0.29) is 43.7 Å². The van der Waals surface area contributed by atoms with Crippen LogP contribution < -0.4 is 24.1 Å². The van der Waals surface area contributed by atoms with Crippen molar-refractivity contribution in [1.82, 2.24) is 5.43 Å². The topological polar surface area (TPSA) is 226 Å². The first-order chi connectivity index (χ1) is 24.3. The molecule has 274 valence electrons. The number of hydrogen-bond acceptors (Lipinski definition) is 11. The number of carbonyl (C=O) groups excluding carboxylic acids is 1. The van der Waals surface area contributed by atoms with Crippen molar-refractivity contribution in [3.63, 3.8) is 0 Å². The summed E-state index contributed by atoms with van der Waals surface area (Å²) in [6.45, 7) is 1.84. The van der Waals surface area contributed by atoms with Crippen LogP contribution in [0.2, 0.25) is 20.1 Å². The van der Waals surface area contributed by atoms with Crippen LogP contribution in [0.3, 0.4) is 0 Å². The number of amides is 1. The average molecular weight is 853 g/mol. The summed E-state index contributed by atoms with van der Waals surface area (Å²) in [7, 11) is -8.60. The van der Waals surface area contributed by atoms with Gasteiger partial charge in [-0.2, -0.15) is 31.3 Å². The van der Waals surface area contributed by atoms with Gasteiger partial charge in [-0.3, -0.25) is 24.0 Å². The zero-order valence-electron chi connectivity index (χ0n) is 26.1. The van der Waals surface area contributed by atoms with Crippen molar-refractivity contribution < 1.29 is 43.9 Å². The van der Waals surface area contributed by atoms with E-state index in [0.717, 1.165) is 10.6 Å². The Morgan fingerprint density at radius 2 is 1.48 bits per heavy atom. The molecule has 0 radical (unpaired) electrons. The van der Waals surface area contributed by atoms with Crippen molar-refractivity contribution in [2.75, 3.05) is 16.8 Å². The summed E-state index contributed by atoms with van der Waals surface area (Å²) < 4.78 is 90.7. The van der Waals surface area contributed by atoms with E-state index >= 15 is 0 Å². The van der Waals surface area contributed by atoms with Crippen LogP contribution in [0.5, 0.6) is 11.5 Å². The molecule has 4 aromatic rings. The molecule has 0 aliphatic carbocycles. The van der Waals surface area contributed by atoms with E-state index < -0.39 is 59.0 Å². The summed E-state index contributed by atoms with van der Waals surface area (Å²) in [5, 5.41) is 10.1. The number of azo groups is 1. The van der Waals surface area contributed by atoms with Gasteiger partial charge in [-0.05, 0) is 55.0 Å². The molecule has 2 unspecified atom stereocenters. The number of anilines is 2. The molecule has 1 heterocycles. The summed E-state index contributed by atoms with van der Waals surface area (Å²) in [5.74, 6) is -1.19. The molecule has 0 aromatic heterocycles. The average Bonchev–Trinajstić information content (AvgIpc) is 3.33. The van der Waals surface area contributed by atoms with Gasteiger partial charge in [0.25, 0.3) is 26.1 Å². The second kappa shape index (κ2) is 15.5. The molecule has 1 fully saturated rings. The van der Waals surface area contributed by atoms with E-state index in [1.54, 1.807) is 18.2 Å². The van der Waals surface area contributed by atoms with Gasteiger partial charge < -0.3 is 8.92 Å². The maximum atomic E-state index is 13.8. The number of nitrogens with zero attached hydrogens (tertiary/aromatic N) is 4. The number of methoxy groups -OCH3 is 1. The molecular formula is C29H22Cl4N6O10S3. The Hall–Kier alpha value is -4.05. The van der Waals surface area contributed by atoms with Gasteiger partial charge in [0, 0.05) is 23.2 Å². The van der Waals surface area contributed by atoms with Crippen LogP contribution >= 0.6 is 46.4 Å². The van der Waals surface area contributed by atoms with Gasteiger partial charge in [-0.1, -0.05) is 52.5 Å². The lowest BCUT2D eigenvalue weighted by molar-refractivity contribution is -0.117. The molecule has 0 saturated carbocycles. The molecule has 1 saturated heterocycles. The number of aryl methyl sites for hydroxylation is 1. The van der Waals surface area contributed by atoms with Crippen LogP contribution in [-0.4, -0.2) is 55.0 Å². The highest BCUT2D eigenvalue weighted by Gasteiger charge is 2.41. The summed E-state index contributed by atoms with van der Waals surface area (Å²) in [6.07, 6.45) is 0. The Labute approximate surface area is 318 Å². The van der Waals surface area contributed by atoms with Crippen molar-refractivity contribution in [2.24, 2.45) is 15.2 Å². The Bertz CT molecular complexity index is 2340. The third-order valence-corrected chi connectivity index (χ3v) is 10.3. The maximum absolute atomic E-state index is 13.8. The smallest absolute Gasteiger partial charge is 0.316 e. The van der Waals surface area contributed by atoms with Crippen LogP contribution in [0.4, 0.5) is 22.7 Å². The first-order valence-corrected chi connectivity index (χ1v) is 19.5. The second-order valence-electron chi connectivity index (χ2n) is 10.5. The van der Waals surface area contributed by atoms with Crippen molar-refractivity contribution in [2.45, 2.75) is 22.8 Å². The molecule has 1 aliphatic heterocycles. The molecule has 0 spiro atoms. The Morgan fingerprint density at radius 3 is 2.06 bits per heavy atom. The van der Waals surface area contributed by atoms with Crippen LogP contribution in [0.1, 0.15) is 5.56 Å². The van der Waals surface area contributed by atoms with E-state index in [2.05, 4.69) is 25.4 Å². The fourth-order valence-electron chi connectivity index (χ4n) is 4.45. The highest BCUT2D eigenvalue weighted by atomic mass is 35.5. The van der Waals surface area contributed by atoms with Gasteiger partial charge in [0.15, 0.2) is 5.84 Å². The number of aliphatic imine (C=N–C) groups is 1. The van der Waals surface area contributed by atoms with E-state index in [0.29, 0.717) is 28.9 Å². The molecule has 2 atom stereocenters. The zero-order chi connectivity index (χ0) is 38.1. The Kier molecular flexibility index (Phi) is 11.7. The minimum Gasteiger partial charge on any atom is -0.494 e. The van der Waals surface area contributed by atoms with Gasteiger partial charge in [0.05, 0.1) is 43.3 Å². The van der Waals surface area contributed by atoms with Crippen LogP contribution in [0.15, 0.2) is 91.7 Å². The van der Waals surface area contributed by atoms with Gasteiger partial charge >= 0.3 is 11.3 Å². The van der Waals surface area contributed by atoms with Gasteiger partial charge in [-0.25, -0.2) is 10.0 Å². The first kappa shape index (κ1) is 39.2. The predicted molar refractivity (Wildman–Crippen MR) is 195 cm³/mol. The molecule has 1 amide bonds. The van der Waals surface area contributed by atoms with E-state index in [9.17, 15) is 34.9 Å². The standard InChI is InChI=1S/C29H22Cl4N6O10S3/c1-14-3-5-23(20(31)7-14)34-28-26(29(40)39(37-28)27-21(32)8-15(30)9-22(27)33)36-35-24-6-4-16(10-25(24)48-2)38-50(41)49-17-11-18(51(42,43)44)13-19(12-17)52(45,46)47/h3-13,26,38H,1-2H3,(H,34,37)(H,42,43,44)(H,45,46,47). The minimum atomic E-state index is -4.95. The lowest BCUT2D eigenvalue weighted by Crippen LogP contribution is -2.36. The van der Waals surface area contributed by atoms with Crippen molar-refractivity contribution in [3.8, 4) is 11.5 Å². The molecule has 23 heteroatoms. The SMILES string of the molecule is COc1cc(NS(=O)Oc2cc(S(=O)(=O)O)cc(S(=O)(=O)O)c2)ccc1N=NC1C(=O)N(c2c(Cl)cc(Cl)cc2Cl)NC1=Nc1ccc(C)cc1Cl. The van der Waals surface area contributed by atoms with Gasteiger partial charge in [0.2, 0.25) is 6.04 Å². The summed E-state index contributed by atoms with van der Waals surface area (Å²) in [5.41, 5.74) is 4.34. The van der Waals surface area contributed by atoms with Gasteiger partial charge in [0.1, 0.15) is 22.9 Å². The molecule has 52 heavy (non-hydrogen) atoms. The van der Waals surface area contributed by atoms with Crippen LogP contribution in [-0.2, 0) is 36.3 Å². The van der Waals surface area contributed by atoms with Gasteiger partial charge in [-0.15, -0.1) is 0 Å². The van der Waals surface area contributed by atoms with E-state index in [1.165, 1.54) is 37.4 Å². The quantitative estimate of drug-likeness (QED) is 0.0895. The molecule has 1 aliphatic rings. The summed E-state index contributed by atoms with van der Waals surface area (Å²) in [4.78, 5) is 16.4. The third kappa shape index (κ3) is 9.11. The predicted octanol–water partition coefficient (Wildman–Crippen LogP) is 6.91. The Morgan fingerprint density at radius 1 is 0.865 bits per heavy atom. The van der Waals surface area contributed by atoms with Crippen molar-refractivity contribution >= 4 is 112 Å². The lowest BCUT2D eigenvalue weighted by Gasteiger charge is -2.19. The number of halogens is 4. The first-order valence-electron chi connectivity index (χ1n) is 14.0. The number of rotatable bonds is 11. The third-order valence-electron chi connectivity index (χ3n) is 6.77. The largest absolute Gasteiger partial charge is 0.494 e. The molecule has 16 nitrogen and oxygen atoms in total. The van der Waals surface area contributed by atoms with Crippen LogP contribution in [0.25, 0.3) is 0 Å². The maximum Gasteiger partial charge on any atom is 0.316 e. The van der Waals surface area contributed by atoms with E-state index in [4.69, 9.17) is 55.3 Å². The molecule has 0 bridgehead atoms. The molecule has 4 N–H and O–H groups in total.